The summed E-state index contributed by atoms with van der Waals surface area (Å²) < 4.78 is 10.5. The molecule has 0 aromatic heterocycles. The Morgan fingerprint density at radius 2 is 2.20 bits per heavy atom. The highest BCUT2D eigenvalue weighted by Crippen LogP contribution is 2.33. The molecule has 3 nitrogen and oxygen atoms in total. The number of aliphatic hydroxyl groups is 1. The molecule has 2 rings (SSSR count). The van der Waals surface area contributed by atoms with E-state index in [2.05, 4.69) is 6.58 Å². The quantitative estimate of drug-likeness (QED) is 0.763. The van der Waals surface area contributed by atoms with Crippen molar-refractivity contribution < 1.29 is 14.6 Å². The summed E-state index contributed by atoms with van der Waals surface area (Å²) in [6, 6.07) is 5.84. The first-order chi connectivity index (χ1) is 7.33. The predicted octanol–water partition coefficient (Wildman–Crippen LogP) is 1.75. The lowest BCUT2D eigenvalue weighted by molar-refractivity contribution is 0.174. The molecule has 0 aliphatic carbocycles. The van der Waals surface area contributed by atoms with Gasteiger partial charge in [-0.2, -0.15) is 0 Å². The summed E-state index contributed by atoms with van der Waals surface area (Å²) >= 11 is 0. The van der Waals surface area contributed by atoms with E-state index in [-0.39, 0.29) is 12.5 Å². The standard InChI is InChI=1S/C12H14O3/c1-2-9(7-13)5-10-3-4-11-12(6-10)15-8-14-11/h2-4,6,9,13H,1,5,7-8H2. The van der Waals surface area contributed by atoms with Crippen LogP contribution in [0.1, 0.15) is 5.56 Å². The van der Waals surface area contributed by atoms with Crippen LogP contribution in [0, 0.1) is 5.92 Å². The second kappa shape index (κ2) is 4.36. The molecule has 1 atom stereocenters. The molecule has 15 heavy (non-hydrogen) atoms. The SMILES string of the molecule is C=CC(CO)Cc1ccc2c(c1)OCO2. The van der Waals surface area contributed by atoms with Crippen molar-refractivity contribution in [2.24, 2.45) is 5.92 Å². The fourth-order valence-electron chi connectivity index (χ4n) is 1.59. The normalized spacial score (nSPS) is 15.0. The van der Waals surface area contributed by atoms with Crippen LogP contribution in [-0.2, 0) is 6.42 Å². The summed E-state index contributed by atoms with van der Waals surface area (Å²) in [5.74, 6) is 1.68. The van der Waals surface area contributed by atoms with Crippen LogP contribution >= 0.6 is 0 Å². The van der Waals surface area contributed by atoms with Crippen molar-refractivity contribution >= 4 is 0 Å². The molecule has 0 fully saturated rings. The summed E-state index contributed by atoms with van der Waals surface area (Å²) in [4.78, 5) is 0. The molecule has 0 bridgehead atoms. The molecule has 0 amide bonds. The molecule has 1 unspecified atom stereocenters. The van der Waals surface area contributed by atoms with Crippen molar-refractivity contribution in [1.29, 1.82) is 0 Å². The lowest BCUT2D eigenvalue weighted by Crippen LogP contribution is -2.05. The Morgan fingerprint density at radius 3 is 2.93 bits per heavy atom. The summed E-state index contributed by atoms with van der Waals surface area (Å²) in [5, 5.41) is 9.05. The van der Waals surface area contributed by atoms with Crippen LogP contribution in [0.2, 0.25) is 0 Å². The third kappa shape index (κ3) is 2.13. The summed E-state index contributed by atoms with van der Waals surface area (Å²) in [6.45, 7) is 4.10. The number of aliphatic hydroxyl groups excluding tert-OH is 1. The maximum atomic E-state index is 9.05. The summed E-state index contributed by atoms with van der Waals surface area (Å²) in [6.07, 6.45) is 2.54. The van der Waals surface area contributed by atoms with E-state index in [0.29, 0.717) is 6.79 Å². The Balaban J connectivity index is 2.12. The van der Waals surface area contributed by atoms with Crippen molar-refractivity contribution in [3.8, 4) is 11.5 Å². The van der Waals surface area contributed by atoms with Crippen molar-refractivity contribution in [3.05, 3.63) is 36.4 Å². The maximum Gasteiger partial charge on any atom is 0.231 e. The highest BCUT2D eigenvalue weighted by atomic mass is 16.7. The molecule has 1 aromatic rings. The molecule has 1 aliphatic heterocycles. The predicted molar refractivity (Wildman–Crippen MR) is 57.0 cm³/mol. The Morgan fingerprint density at radius 1 is 1.40 bits per heavy atom. The minimum Gasteiger partial charge on any atom is -0.454 e. The fraction of sp³-hybridized carbons (Fsp3) is 0.333. The van der Waals surface area contributed by atoms with Crippen molar-refractivity contribution in [2.75, 3.05) is 13.4 Å². The van der Waals surface area contributed by atoms with Crippen molar-refractivity contribution in [3.63, 3.8) is 0 Å². The monoisotopic (exact) mass is 206 g/mol. The van der Waals surface area contributed by atoms with Gasteiger partial charge in [0.25, 0.3) is 0 Å². The van der Waals surface area contributed by atoms with Gasteiger partial charge in [0.1, 0.15) is 0 Å². The van der Waals surface area contributed by atoms with Gasteiger partial charge in [-0.15, -0.1) is 6.58 Å². The summed E-state index contributed by atoms with van der Waals surface area (Å²) in [5.41, 5.74) is 1.12. The zero-order valence-corrected chi connectivity index (χ0v) is 8.48. The number of fused-ring (bicyclic) bond motifs is 1. The Bertz CT molecular complexity index is 360. The number of hydrogen-bond donors (Lipinski definition) is 1. The lowest BCUT2D eigenvalue weighted by atomic mass is 10.00. The number of ether oxygens (including phenoxy) is 2. The number of rotatable bonds is 4. The van der Waals surface area contributed by atoms with Gasteiger partial charge in [0, 0.05) is 12.5 Å². The van der Waals surface area contributed by atoms with Crippen LogP contribution in [-0.4, -0.2) is 18.5 Å². The Kier molecular flexibility index (Phi) is 2.92. The van der Waals surface area contributed by atoms with E-state index in [9.17, 15) is 0 Å². The first kappa shape index (κ1) is 10.1. The van der Waals surface area contributed by atoms with Gasteiger partial charge in [0.2, 0.25) is 6.79 Å². The average molecular weight is 206 g/mol. The van der Waals surface area contributed by atoms with Gasteiger partial charge < -0.3 is 14.6 Å². The van der Waals surface area contributed by atoms with Crippen LogP contribution in [0.4, 0.5) is 0 Å². The summed E-state index contributed by atoms with van der Waals surface area (Å²) in [7, 11) is 0. The van der Waals surface area contributed by atoms with Crippen molar-refractivity contribution in [2.45, 2.75) is 6.42 Å². The molecule has 0 saturated heterocycles. The Labute approximate surface area is 88.9 Å². The fourth-order valence-corrected chi connectivity index (χ4v) is 1.59. The Hall–Kier alpha value is -1.48. The van der Waals surface area contributed by atoms with Crippen LogP contribution in [0.15, 0.2) is 30.9 Å². The van der Waals surface area contributed by atoms with Crippen LogP contribution in [0.3, 0.4) is 0 Å². The molecule has 1 aliphatic rings. The largest absolute Gasteiger partial charge is 0.454 e. The molecular weight excluding hydrogens is 192 g/mol. The first-order valence-corrected chi connectivity index (χ1v) is 4.95. The topological polar surface area (TPSA) is 38.7 Å². The van der Waals surface area contributed by atoms with Crippen LogP contribution in [0.5, 0.6) is 11.5 Å². The molecule has 3 heteroatoms. The molecule has 1 aromatic carbocycles. The molecule has 1 N–H and O–H groups in total. The average Bonchev–Trinajstić information content (AvgIpc) is 2.73. The second-order valence-corrected chi connectivity index (χ2v) is 3.57. The van der Waals surface area contributed by atoms with Gasteiger partial charge in [-0.1, -0.05) is 12.1 Å². The van der Waals surface area contributed by atoms with Crippen molar-refractivity contribution in [1.82, 2.24) is 0 Å². The van der Waals surface area contributed by atoms with Gasteiger partial charge in [-0.3, -0.25) is 0 Å². The molecule has 80 valence electrons. The minimum absolute atomic E-state index is 0.102. The van der Waals surface area contributed by atoms with E-state index >= 15 is 0 Å². The van der Waals surface area contributed by atoms with E-state index in [1.54, 1.807) is 6.08 Å². The second-order valence-electron chi connectivity index (χ2n) is 3.57. The van der Waals surface area contributed by atoms with Gasteiger partial charge in [0.05, 0.1) is 0 Å². The number of hydrogen-bond acceptors (Lipinski definition) is 3. The van der Waals surface area contributed by atoms with E-state index in [0.717, 1.165) is 23.5 Å². The smallest absolute Gasteiger partial charge is 0.231 e. The molecule has 0 spiro atoms. The van der Waals surface area contributed by atoms with Crippen LogP contribution in [0.25, 0.3) is 0 Å². The zero-order valence-electron chi connectivity index (χ0n) is 8.48. The molecule has 1 heterocycles. The highest BCUT2D eigenvalue weighted by molar-refractivity contribution is 5.44. The molecule has 0 saturated carbocycles. The number of benzene rings is 1. The maximum absolute atomic E-state index is 9.05. The molecule has 0 radical (unpaired) electrons. The van der Waals surface area contributed by atoms with Gasteiger partial charge in [-0.25, -0.2) is 0 Å². The first-order valence-electron chi connectivity index (χ1n) is 4.95. The van der Waals surface area contributed by atoms with Gasteiger partial charge in [-0.05, 0) is 24.1 Å². The third-order valence-corrected chi connectivity index (χ3v) is 2.50. The highest BCUT2D eigenvalue weighted by Gasteiger charge is 2.14. The molecular formula is C12H14O3. The zero-order chi connectivity index (χ0) is 10.7. The van der Waals surface area contributed by atoms with E-state index in [4.69, 9.17) is 14.6 Å². The van der Waals surface area contributed by atoms with Gasteiger partial charge >= 0.3 is 0 Å². The third-order valence-electron chi connectivity index (χ3n) is 2.50. The lowest BCUT2D eigenvalue weighted by Gasteiger charge is -2.09. The van der Waals surface area contributed by atoms with E-state index < -0.39 is 0 Å². The minimum atomic E-state index is 0.102. The van der Waals surface area contributed by atoms with E-state index in [1.807, 2.05) is 18.2 Å². The van der Waals surface area contributed by atoms with E-state index in [1.165, 1.54) is 0 Å². The van der Waals surface area contributed by atoms with Gasteiger partial charge in [0.15, 0.2) is 11.5 Å². The van der Waals surface area contributed by atoms with Crippen LogP contribution < -0.4 is 9.47 Å².